The Morgan fingerprint density at radius 1 is 1.04 bits per heavy atom. The van der Waals surface area contributed by atoms with Crippen LogP contribution in [0.5, 0.6) is 0 Å². The Morgan fingerprint density at radius 3 is 2.64 bits per heavy atom. The highest BCUT2D eigenvalue weighted by molar-refractivity contribution is 5.94. The summed E-state index contributed by atoms with van der Waals surface area (Å²) in [5.41, 5.74) is 1.71. The first-order chi connectivity index (χ1) is 12.3. The van der Waals surface area contributed by atoms with Gasteiger partial charge in [-0.15, -0.1) is 10.2 Å². The summed E-state index contributed by atoms with van der Waals surface area (Å²) >= 11 is 0. The Balaban J connectivity index is 1.48. The van der Waals surface area contributed by atoms with Crippen molar-refractivity contribution >= 4 is 5.91 Å². The maximum absolute atomic E-state index is 12.4. The number of hydrogen-bond donors (Lipinski definition) is 1. The van der Waals surface area contributed by atoms with E-state index in [0.29, 0.717) is 5.56 Å². The third-order valence-corrected chi connectivity index (χ3v) is 4.55. The van der Waals surface area contributed by atoms with Gasteiger partial charge >= 0.3 is 0 Å². The van der Waals surface area contributed by atoms with E-state index in [1.807, 2.05) is 30.3 Å². The molecule has 1 unspecified atom stereocenters. The molecule has 3 aromatic rings. The number of hydrogen-bond acceptors (Lipinski definition) is 4. The van der Waals surface area contributed by atoms with E-state index in [-0.39, 0.29) is 11.9 Å². The van der Waals surface area contributed by atoms with E-state index in [2.05, 4.69) is 25.1 Å². The third-order valence-electron chi connectivity index (χ3n) is 4.55. The fourth-order valence-corrected chi connectivity index (χ4v) is 3.20. The van der Waals surface area contributed by atoms with Crippen molar-refractivity contribution in [2.24, 2.45) is 0 Å². The van der Waals surface area contributed by atoms with Crippen LogP contribution in [-0.4, -0.2) is 31.7 Å². The highest BCUT2D eigenvalue weighted by Gasteiger charge is 2.22. The Bertz CT molecular complexity index is 860. The molecule has 3 heterocycles. The van der Waals surface area contributed by atoms with E-state index < -0.39 is 0 Å². The second-order valence-electron chi connectivity index (χ2n) is 6.19. The molecular weight excluding hydrogens is 314 g/mol. The van der Waals surface area contributed by atoms with Crippen molar-refractivity contribution in [2.75, 3.05) is 0 Å². The normalized spacial score (nSPS) is 16.7. The molecule has 0 radical (unpaired) electrons. The Labute approximate surface area is 145 Å². The number of pyridine rings is 1. The van der Waals surface area contributed by atoms with Gasteiger partial charge in [-0.25, -0.2) is 0 Å². The monoisotopic (exact) mass is 333 g/mol. The summed E-state index contributed by atoms with van der Waals surface area (Å²) in [5.74, 6) is 1.84. The summed E-state index contributed by atoms with van der Waals surface area (Å²) in [7, 11) is 0. The molecule has 1 atom stereocenters. The average Bonchev–Trinajstić information content (AvgIpc) is 2.98. The number of rotatable bonds is 3. The van der Waals surface area contributed by atoms with Gasteiger partial charge in [-0.2, -0.15) is 0 Å². The van der Waals surface area contributed by atoms with Crippen LogP contribution in [0.3, 0.4) is 0 Å². The smallest absolute Gasteiger partial charge is 0.251 e. The van der Waals surface area contributed by atoms with Crippen molar-refractivity contribution in [1.82, 2.24) is 25.1 Å². The fraction of sp³-hybridized carbons (Fsp3) is 0.263. The van der Waals surface area contributed by atoms with E-state index in [0.717, 1.165) is 43.0 Å². The number of benzene rings is 1. The van der Waals surface area contributed by atoms with Gasteiger partial charge in [0.25, 0.3) is 5.91 Å². The predicted octanol–water partition coefficient (Wildman–Crippen LogP) is 2.48. The van der Waals surface area contributed by atoms with Gasteiger partial charge in [0.1, 0.15) is 5.82 Å². The number of nitrogens with one attached hydrogen (secondary N) is 1. The van der Waals surface area contributed by atoms with Gasteiger partial charge in [0, 0.05) is 42.5 Å². The van der Waals surface area contributed by atoms with Crippen molar-refractivity contribution in [3.8, 4) is 11.4 Å². The molecule has 0 fully saturated rings. The van der Waals surface area contributed by atoms with Crippen LogP contribution in [0.15, 0.2) is 54.9 Å². The minimum atomic E-state index is -0.0478. The van der Waals surface area contributed by atoms with Crippen LogP contribution in [0.4, 0.5) is 0 Å². The first-order valence-electron chi connectivity index (χ1n) is 8.49. The molecule has 0 saturated heterocycles. The van der Waals surface area contributed by atoms with Gasteiger partial charge in [0.05, 0.1) is 0 Å². The number of aryl methyl sites for hydroxylation is 1. The Morgan fingerprint density at radius 2 is 1.84 bits per heavy atom. The van der Waals surface area contributed by atoms with Gasteiger partial charge in [0.15, 0.2) is 5.82 Å². The highest BCUT2D eigenvalue weighted by atomic mass is 16.1. The Hall–Kier alpha value is -3.02. The summed E-state index contributed by atoms with van der Waals surface area (Å²) in [6, 6.07) is 13.7. The summed E-state index contributed by atoms with van der Waals surface area (Å²) in [5, 5.41) is 11.8. The lowest BCUT2D eigenvalue weighted by molar-refractivity contribution is 0.0933. The van der Waals surface area contributed by atoms with Crippen molar-refractivity contribution in [3.63, 3.8) is 0 Å². The third kappa shape index (κ3) is 3.28. The highest BCUT2D eigenvalue weighted by Crippen LogP contribution is 2.22. The molecule has 0 aliphatic carbocycles. The van der Waals surface area contributed by atoms with Crippen LogP contribution in [0.1, 0.15) is 29.0 Å². The van der Waals surface area contributed by atoms with Crippen LogP contribution in [0, 0.1) is 0 Å². The minimum absolute atomic E-state index is 0.0478. The number of carbonyl (C=O) groups is 1. The Kier molecular flexibility index (Phi) is 4.24. The molecule has 25 heavy (non-hydrogen) atoms. The molecule has 1 aromatic carbocycles. The molecule has 0 spiro atoms. The second-order valence-corrected chi connectivity index (χ2v) is 6.19. The SMILES string of the molecule is O=C(NC1CCc2nnc(-c3ccccc3)n2CC1)c1ccncc1. The largest absolute Gasteiger partial charge is 0.349 e. The molecule has 0 saturated carbocycles. The van der Waals surface area contributed by atoms with Crippen LogP contribution in [0.2, 0.25) is 0 Å². The van der Waals surface area contributed by atoms with Crippen molar-refractivity contribution in [2.45, 2.75) is 31.8 Å². The molecule has 1 N–H and O–H groups in total. The fourth-order valence-electron chi connectivity index (χ4n) is 3.20. The lowest BCUT2D eigenvalue weighted by Gasteiger charge is -2.16. The molecule has 1 amide bonds. The van der Waals surface area contributed by atoms with Gasteiger partial charge in [-0.05, 0) is 25.0 Å². The maximum atomic E-state index is 12.4. The van der Waals surface area contributed by atoms with Crippen LogP contribution < -0.4 is 5.32 Å². The lowest BCUT2D eigenvalue weighted by Crippen LogP contribution is -2.35. The number of amides is 1. The molecule has 6 nitrogen and oxygen atoms in total. The minimum Gasteiger partial charge on any atom is -0.349 e. The molecule has 0 bridgehead atoms. The second kappa shape index (κ2) is 6.84. The van der Waals surface area contributed by atoms with E-state index in [1.54, 1.807) is 24.5 Å². The average molecular weight is 333 g/mol. The van der Waals surface area contributed by atoms with Crippen LogP contribution in [-0.2, 0) is 13.0 Å². The lowest BCUT2D eigenvalue weighted by atomic mass is 10.1. The van der Waals surface area contributed by atoms with Gasteiger partial charge < -0.3 is 9.88 Å². The zero-order chi connectivity index (χ0) is 17.1. The summed E-state index contributed by atoms with van der Waals surface area (Å²) in [6.45, 7) is 0.799. The number of nitrogens with zero attached hydrogens (tertiary/aromatic N) is 4. The van der Waals surface area contributed by atoms with Crippen LogP contribution in [0.25, 0.3) is 11.4 Å². The predicted molar refractivity (Wildman–Crippen MR) is 93.9 cm³/mol. The van der Waals surface area contributed by atoms with Crippen LogP contribution >= 0.6 is 0 Å². The quantitative estimate of drug-likeness (QED) is 0.799. The molecule has 126 valence electrons. The summed E-state index contributed by atoms with van der Waals surface area (Å²) < 4.78 is 2.17. The molecule has 6 heteroatoms. The zero-order valence-electron chi connectivity index (χ0n) is 13.8. The standard InChI is InChI=1S/C19H19N5O/c25-19(15-8-11-20-12-9-15)21-16-6-7-17-22-23-18(24(17)13-10-16)14-4-2-1-3-5-14/h1-5,8-9,11-12,16H,6-7,10,13H2,(H,21,25). The van der Waals surface area contributed by atoms with E-state index in [9.17, 15) is 4.79 Å². The topological polar surface area (TPSA) is 72.7 Å². The maximum Gasteiger partial charge on any atom is 0.251 e. The van der Waals surface area contributed by atoms with Gasteiger partial charge in [0.2, 0.25) is 0 Å². The van der Waals surface area contributed by atoms with Gasteiger partial charge in [-0.1, -0.05) is 30.3 Å². The van der Waals surface area contributed by atoms with E-state index >= 15 is 0 Å². The van der Waals surface area contributed by atoms with E-state index in [1.165, 1.54) is 0 Å². The summed E-state index contributed by atoms with van der Waals surface area (Å²) in [6.07, 6.45) is 5.80. The molecule has 1 aliphatic heterocycles. The number of fused-ring (bicyclic) bond motifs is 1. The zero-order valence-corrected chi connectivity index (χ0v) is 13.8. The molecule has 4 rings (SSSR count). The number of aromatic nitrogens is 4. The molecule has 2 aromatic heterocycles. The first-order valence-corrected chi connectivity index (χ1v) is 8.49. The first kappa shape index (κ1) is 15.5. The van der Waals surface area contributed by atoms with E-state index in [4.69, 9.17) is 0 Å². The van der Waals surface area contributed by atoms with Crippen molar-refractivity contribution < 1.29 is 4.79 Å². The molecule has 1 aliphatic rings. The van der Waals surface area contributed by atoms with Crippen molar-refractivity contribution in [1.29, 1.82) is 0 Å². The summed E-state index contributed by atoms with van der Waals surface area (Å²) in [4.78, 5) is 16.3. The van der Waals surface area contributed by atoms with Crippen molar-refractivity contribution in [3.05, 3.63) is 66.2 Å². The number of carbonyl (C=O) groups excluding carboxylic acids is 1. The van der Waals surface area contributed by atoms with Gasteiger partial charge in [-0.3, -0.25) is 9.78 Å². The molecular formula is C19H19N5O.